The molecule has 3 aliphatic rings. The third kappa shape index (κ3) is 4.87. The normalized spacial score (nSPS) is 20.7. The van der Waals surface area contributed by atoms with Gasteiger partial charge in [0.2, 0.25) is 0 Å². The maximum absolute atomic E-state index is 13.0. The molecule has 184 valence electrons. The second-order valence-electron chi connectivity index (χ2n) is 8.72. The van der Waals surface area contributed by atoms with E-state index in [0.717, 1.165) is 46.5 Å². The number of carbonyl (C=O) groups is 2. The summed E-state index contributed by atoms with van der Waals surface area (Å²) in [5.41, 5.74) is 4.07. The number of hydrogen-bond donors (Lipinski definition) is 0. The topological polar surface area (TPSA) is 71.8 Å². The van der Waals surface area contributed by atoms with Crippen molar-refractivity contribution in [3.63, 3.8) is 0 Å². The van der Waals surface area contributed by atoms with Gasteiger partial charge in [-0.05, 0) is 62.4 Å². The Kier molecular flexibility index (Phi) is 6.81. The van der Waals surface area contributed by atoms with Crippen LogP contribution >= 0.6 is 31.9 Å². The number of hydrogen-bond acceptors (Lipinski definition) is 6. The molecular formula is C26H24Br2N6O2. The van der Waals surface area contributed by atoms with E-state index in [2.05, 4.69) is 51.9 Å². The van der Waals surface area contributed by atoms with E-state index in [0.29, 0.717) is 22.6 Å². The third-order valence-corrected chi connectivity index (χ3v) is 7.30. The van der Waals surface area contributed by atoms with Gasteiger partial charge in [0, 0.05) is 47.5 Å². The number of piperazine rings is 1. The van der Waals surface area contributed by atoms with Gasteiger partial charge in [-0.1, -0.05) is 31.9 Å². The van der Waals surface area contributed by atoms with Crippen LogP contribution in [0.1, 0.15) is 13.8 Å². The van der Waals surface area contributed by atoms with Crippen molar-refractivity contribution < 1.29 is 9.59 Å². The molecule has 5 rings (SSSR count). The van der Waals surface area contributed by atoms with Gasteiger partial charge in [-0.15, -0.1) is 0 Å². The van der Waals surface area contributed by atoms with Gasteiger partial charge in [0.1, 0.15) is 0 Å². The van der Waals surface area contributed by atoms with Crippen LogP contribution in [-0.4, -0.2) is 59.2 Å². The quantitative estimate of drug-likeness (QED) is 0.468. The van der Waals surface area contributed by atoms with E-state index in [1.165, 1.54) is 10.0 Å². The highest BCUT2D eigenvalue weighted by Gasteiger charge is 2.31. The average Bonchev–Trinajstić information content (AvgIpc) is 3.31. The van der Waals surface area contributed by atoms with Crippen LogP contribution in [0.5, 0.6) is 0 Å². The van der Waals surface area contributed by atoms with Crippen LogP contribution in [0.2, 0.25) is 0 Å². The molecule has 3 aliphatic heterocycles. The Morgan fingerprint density at radius 3 is 1.31 bits per heavy atom. The highest BCUT2D eigenvalue weighted by atomic mass is 79.9. The molecule has 2 amide bonds. The summed E-state index contributed by atoms with van der Waals surface area (Å²) >= 11 is 6.84. The van der Waals surface area contributed by atoms with Crippen molar-refractivity contribution in [3.8, 4) is 0 Å². The lowest BCUT2D eigenvalue weighted by Crippen LogP contribution is -2.42. The predicted octanol–water partition coefficient (Wildman–Crippen LogP) is 4.74. The van der Waals surface area contributed by atoms with Crippen molar-refractivity contribution in [3.05, 3.63) is 81.0 Å². The van der Waals surface area contributed by atoms with E-state index >= 15 is 0 Å². The first-order valence-electron chi connectivity index (χ1n) is 11.5. The first-order valence-corrected chi connectivity index (χ1v) is 13.1. The Morgan fingerprint density at radius 2 is 0.972 bits per heavy atom. The summed E-state index contributed by atoms with van der Waals surface area (Å²) < 4.78 is 1.90. The lowest BCUT2D eigenvalue weighted by molar-refractivity contribution is -0.115. The highest BCUT2D eigenvalue weighted by molar-refractivity contribution is 9.10. The average molecular weight is 612 g/mol. The van der Waals surface area contributed by atoms with Gasteiger partial charge in [-0.25, -0.2) is 0 Å². The van der Waals surface area contributed by atoms with E-state index in [-0.39, 0.29) is 11.8 Å². The molecule has 0 aliphatic carbocycles. The minimum absolute atomic E-state index is 0.129. The molecule has 1 fully saturated rings. The van der Waals surface area contributed by atoms with Crippen molar-refractivity contribution in [1.82, 2.24) is 9.80 Å². The zero-order valence-corrected chi connectivity index (χ0v) is 23.0. The van der Waals surface area contributed by atoms with Gasteiger partial charge in [0.25, 0.3) is 11.8 Å². The Labute approximate surface area is 226 Å². The van der Waals surface area contributed by atoms with Crippen LogP contribution in [0.25, 0.3) is 0 Å². The first-order chi connectivity index (χ1) is 17.3. The van der Waals surface area contributed by atoms with Crippen LogP contribution in [0.15, 0.2) is 91.2 Å². The van der Waals surface area contributed by atoms with Gasteiger partial charge in [0.05, 0.1) is 33.9 Å². The van der Waals surface area contributed by atoms with Crippen molar-refractivity contribution in [2.75, 3.05) is 36.2 Å². The first kappa shape index (κ1) is 24.5. The minimum Gasteiger partial charge on any atom is -0.373 e. The maximum atomic E-state index is 13.0. The van der Waals surface area contributed by atoms with Crippen LogP contribution in [0, 0.1) is 0 Å². The highest BCUT2D eigenvalue weighted by Crippen LogP contribution is 2.27. The zero-order chi connectivity index (χ0) is 25.4. The Bertz CT molecular complexity index is 1220. The van der Waals surface area contributed by atoms with Crippen LogP contribution in [0.3, 0.4) is 0 Å². The van der Waals surface area contributed by atoms with Crippen molar-refractivity contribution in [1.29, 1.82) is 0 Å². The van der Waals surface area contributed by atoms with Crippen molar-refractivity contribution in [2.24, 2.45) is 10.2 Å². The molecule has 0 bridgehead atoms. The Morgan fingerprint density at radius 1 is 0.639 bits per heavy atom. The van der Waals surface area contributed by atoms with Crippen molar-refractivity contribution in [2.45, 2.75) is 13.8 Å². The SMILES string of the molecule is CC1=NN(c2ccc(Br)cc2)C(=O)C1=CN1CCN(C=C2C(=O)N(c3ccc(Br)cc3)N=C2C)CC1. The van der Waals surface area contributed by atoms with Crippen LogP contribution < -0.4 is 10.0 Å². The van der Waals surface area contributed by atoms with E-state index in [4.69, 9.17) is 0 Å². The zero-order valence-electron chi connectivity index (χ0n) is 19.9. The predicted molar refractivity (Wildman–Crippen MR) is 149 cm³/mol. The molecule has 8 nitrogen and oxygen atoms in total. The number of amides is 2. The molecule has 10 heteroatoms. The largest absolute Gasteiger partial charge is 0.373 e. The van der Waals surface area contributed by atoms with E-state index < -0.39 is 0 Å². The van der Waals surface area contributed by atoms with Crippen molar-refractivity contribution >= 4 is 66.5 Å². The second kappa shape index (κ2) is 10.0. The molecule has 2 aromatic rings. The second-order valence-corrected chi connectivity index (χ2v) is 10.5. The molecule has 0 spiro atoms. The maximum Gasteiger partial charge on any atom is 0.282 e. The number of benzene rings is 2. The van der Waals surface area contributed by atoms with Gasteiger partial charge in [-0.2, -0.15) is 20.2 Å². The molecule has 0 saturated carbocycles. The van der Waals surface area contributed by atoms with Crippen LogP contribution in [0.4, 0.5) is 11.4 Å². The van der Waals surface area contributed by atoms with Gasteiger partial charge >= 0.3 is 0 Å². The molecule has 0 N–H and O–H groups in total. The standard InChI is InChI=1S/C26H24Br2N6O2/c1-17-23(25(35)33(29-17)21-7-3-19(27)4-8-21)15-31-11-13-32(14-12-31)16-24-18(2)30-34(26(24)36)22-9-5-20(28)6-10-22/h3-10,15-16H,11-14H2,1-2H3. The molecular weight excluding hydrogens is 588 g/mol. The van der Waals surface area contributed by atoms with E-state index in [9.17, 15) is 9.59 Å². The van der Waals surface area contributed by atoms with Gasteiger partial charge < -0.3 is 9.80 Å². The molecule has 36 heavy (non-hydrogen) atoms. The molecule has 3 heterocycles. The summed E-state index contributed by atoms with van der Waals surface area (Å²) in [5.74, 6) is -0.258. The fraction of sp³-hybridized carbons (Fsp3) is 0.231. The smallest absolute Gasteiger partial charge is 0.282 e. The summed E-state index contributed by atoms with van der Waals surface area (Å²) in [5, 5.41) is 11.8. The monoisotopic (exact) mass is 610 g/mol. The summed E-state index contributed by atoms with van der Waals surface area (Å²) in [6.45, 7) is 6.63. The number of rotatable bonds is 4. The lowest BCUT2D eigenvalue weighted by Gasteiger charge is -2.34. The molecule has 0 aromatic heterocycles. The molecule has 0 radical (unpaired) electrons. The van der Waals surface area contributed by atoms with Gasteiger partial charge in [0.15, 0.2) is 0 Å². The Hall–Kier alpha value is -3.24. The number of hydrazone groups is 2. The fourth-order valence-corrected chi connectivity index (χ4v) is 4.74. The lowest BCUT2D eigenvalue weighted by atomic mass is 10.1. The summed E-state index contributed by atoms with van der Waals surface area (Å²) in [4.78, 5) is 30.3. The fourth-order valence-electron chi connectivity index (χ4n) is 4.21. The third-order valence-electron chi connectivity index (χ3n) is 6.24. The number of halogens is 2. The molecule has 0 atom stereocenters. The van der Waals surface area contributed by atoms with Gasteiger partial charge in [-0.3, -0.25) is 9.59 Å². The van der Waals surface area contributed by atoms with E-state index in [1.54, 1.807) is 0 Å². The summed E-state index contributed by atoms with van der Waals surface area (Å²) in [6, 6.07) is 15.0. The minimum atomic E-state index is -0.129. The van der Waals surface area contributed by atoms with E-state index in [1.807, 2.05) is 74.8 Å². The molecule has 0 unspecified atom stereocenters. The Balaban J connectivity index is 1.23. The molecule has 2 aromatic carbocycles. The number of anilines is 2. The molecule has 1 saturated heterocycles. The number of nitrogens with zero attached hydrogens (tertiary/aromatic N) is 6. The summed E-state index contributed by atoms with van der Waals surface area (Å²) in [6.07, 6.45) is 3.82. The van der Waals surface area contributed by atoms with Crippen LogP contribution in [-0.2, 0) is 9.59 Å². The summed E-state index contributed by atoms with van der Waals surface area (Å²) in [7, 11) is 0. The number of carbonyl (C=O) groups excluding carboxylic acids is 2.